The Morgan fingerprint density at radius 3 is 2.62 bits per heavy atom. The summed E-state index contributed by atoms with van der Waals surface area (Å²) >= 11 is 5.85. The monoisotopic (exact) mass is 492 g/mol. The SMILES string of the molecule is CC(O)(CS(N)(=O)=O)c1cccc(-c2nnn(Cc3cc(Cl)cc(OC(F)(F)F)c3)n2)n1. The molecule has 0 saturated heterocycles. The van der Waals surface area contributed by atoms with Gasteiger partial charge < -0.3 is 9.84 Å². The maximum atomic E-state index is 12.5. The number of pyridine rings is 1. The third-order valence-electron chi connectivity index (χ3n) is 3.95. The van der Waals surface area contributed by atoms with Gasteiger partial charge in [0.1, 0.15) is 17.0 Å². The van der Waals surface area contributed by atoms with Crippen molar-refractivity contribution in [2.24, 2.45) is 5.14 Å². The van der Waals surface area contributed by atoms with Gasteiger partial charge in [0.05, 0.1) is 18.0 Å². The van der Waals surface area contributed by atoms with Crippen LogP contribution in [0.2, 0.25) is 5.02 Å². The molecule has 15 heteroatoms. The molecule has 0 bridgehead atoms. The number of sulfonamides is 1. The van der Waals surface area contributed by atoms with Crippen molar-refractivity contribution in [3.05, 3.63) is 52.7 Å². The van der Waals surface area contributed by atoms with E-state index in [1.807, 2.05) is 0 Å². The molecule has 0 aliphatic rings. The number of aliphatic hydroxyl groups is 1. The zero-order chi connectivity index (χ0) is 23.7. The van der Waals surface area contributed by atoms with Crippen LogP contribution in [0.5, 0.6) is 5.75 Å². The van der Waals surface area contributed by atoms with Crippen LogP contribution in [-0.2, 0) is 22.2 Å². The molecule has 0 saturated carbocycles. The first-order chi connectivity index (χ1) is 14.7. The molecule has 0 fully saturated rings. The largest absolute Gasteiger partial charge is 0.573 e. The van der Waals surface area contributed by atoms with Gasteiger partial charge in [-0.05, 0) is 48.0 Å². The number of hydrogen-bond donors (Lipinski definition) is 2. The first kappa shape index (κ1) is 23.8. The van der Waals surface area contributed by atoms with E-state index < -0.39 is 33.5 Å². The standard InChI is InChI=1S/C17H16ClF3N6O4S/c1-16(28,9-32(22,29)30)14-4-2-3-13(23-14)15-24-26-27(25-15)8-10-5-11(18)7-12(6-10)31-17(19,20)21/h2-7,28H,8-9H2,1H3,(H2,22,29,30). The summed E-state index contributed by atoms with van der Waals surface area (Å²) in [6.07, 6.45) is -4.87. The average molecular weight is 493 g/mol. The number of ether oxygens (including phenoxy) is 1. The Morgan fingerprint density at radius 1 is 1.25 bits per heavy atom. The molecule has 1 unspecified atom stereocenters. The Balaban J connectivity index is 1.83. The Morgan fingerprint density at radius 2 is 1.97 bits per heavy atom. The third-order valence-corrected chi connectivity index (χ3v) is 5.14. The molecule has 0 spiro atoms. The van der Waals surface area contributed by atoms with Crippen molar-refractivity contribution in [2.45, 2.75) is 25.4 Å². The molecule has 3 N–H and O–H groups in total. The van der Waals surface area contributed by atoms with Gasteiger partial charge in [-0.3, -0.25) is 0 Å². The fourth-order valence-electron chi connectivity index (χ4n) is 2.81. The van der Waals surface area contributed by atoms with E-state index in [4.69, 9.17) is 16.7 Å². The number of nitrogens with two attached hydrogens (primary N) is 1. The molecule has 2 heterocycles. The van der Waals surface area contributed by atoms with Crippen molar-refractivity contribution in [1.82, 2.24) is 25.2 Å². The van der Waals surface area contributed by atoms with Crippen molar-refractivity contribution in [1.29, 1.82) is 0 Å². The minimum absolute atomic E-state index is 0.0177. The molecule has 0 amide bonds. The Labute approximate surface area is 184 Å². The van der Waals surface area contributed by atoms with Crippen LogP contribution in [0.4, 0.5) is 13.2 Å². The molecule has 0 aliphatic heterocycles. The summed E-state index contributed by atoms with van der Waals surface area (Å²) in [5.74, 6) is -1.22. The number of rotatable bonds is 7. The van der Waals surface area contributed by atoms with E-state index in [-0.39, 0.29) is 28.8 Å². The second-order valence-corrected chi connectivity index (χ2v) is 9.03. The van der Waals surface area contributed by atoms with Gasteiger partial charge in [0.2, 0.25) is 15.8 Å². The lowest BCUT2D eigenvalue weighted by molar-refractivity contribution is -0.274. The third kappa shape index (κ3) is 6.59. The van der Waals surface area contributed by atoms with Crippen molar-refractivity contribution < 1.29 is 31.4 Å². The van der Waals surface area contributed by atoms with Crippen LogP contribution < -0.4 is 9.88 Å². The summed E-state index contributed by atoms with van der Waals surface area (Å²) in [6, 6.07) is 7.98. The van der Waals surface area contributed by atoms with Gasteiger partial charge in [0, 0.05) is 5.02 Å². The van der Waals surface area contributed by atoms with Crippen LogP contribution in [0.3, 0.4) is 0 Å². The topological polar surface area (TPSA) is 146 Å². The molecular weight excluding hydrogens is 477 g/mol. The Hall–Kier alpha value is -2.81. The van der Waals surface area contributed by atoms with Gasteiger partial charge in [-0.15, -0.1) is 23.4 Å². The van der Waals surface area contributed by atoms with E-state index in [0.717, 1.165) is 16.9 Å². The maximum Gasteiger partial charge on any atom is 0.573 e. The lowest BCUT2D eigenvalue weighted by atomic mass is 10.0. The molecule has 0 aliphatic carbocycles. The number of aromatic nitrogens is 5. The van der Waals surface area contributed by atoms with Crippen molar-refractivity contribution >= 4 is 21.6 Å². The Bertz CT molecular complexity index is 1230. The molecular formula is C17H16ClF3N6O4S. The van der Waals surface area contributed by atoms with Gasteiger partial charge >= 0.3 is 6.36 Å². The minimum atomic E-state index is -4.87. The van der Waals surface area contributed by atoms with Gasteiger partial charge in [0.25, 0.3) is 0 Å². The van der Waals surface area contributed by atoms with E-state index in [1.165, 1.54) is 31.2 Å². The summed E-state index contributed by atoms with van der Waals surface area (Å²) in [7, 11) is -3.99. The van der Waals surface area contributed by atoms with E-state index in [9.17, 15) is 26.7 Å². The Kier molecular flexibility index (Phi) is 6.42. The van der Waals surface area contributed by atoms with Gasteiger partial charge in [0.15, 0.2) is 0 Å². The van der Waals surface area contributed by atoms with Gasteiger partial charge in [-0.25, -0.2) is 18.5 Å². The number of alkyl halides is 3. The zero-order valence-electron chi connectivity index (χ0n) is 16.3. The molecule has 1 atom stereocenters. The fraction of sp³-hybridized carbons (Fsp3) is 0.294. The number of halogens is 4. The van der Waals surface area contributed by atoms with Crippen LogP contribution in [0.25, 0.3) is 11.5 Å². The second kappa shape index (κ2) is 8.61. The lowest BCUT2D eigenvalue weighted by Gasteiger charge is -2.21. The summed E-state index contributed by atoms with van der Waals surface area (Å²) < 4.78 is 64.0. The van der Waals surface area contributed by atoms with E-state index in [0.29, 0.717) is 5.56 Å². The highest BCUT2D eigenvalue weighted by molar-refractivity contribution is 7.89. The van der Waals surface area contributed by atoms with Crippen LogP contribution in [-0.4, -0.2) is 50.8 Å². The fourth-order valence-corrected chi connectivity index (χ4v) is 3.98. The predicted molar refractivity (Wildman–Crippen MR) is 106 cm³/mol. The highest BCUT2D eigenvalue weighted by atomic mass is 35.5. The summed E-state index contributed by atoms with van der Waals surface area (Å²) in [5.41, 5.74) is -1.35. The minimum Gasteiger partial charge on any atom is -0.406 e. The highest BCUT2D eigenvalue weighted by Gasteiger charge is 2.32. The lowest BCUT2D eigenvalue weighted by Crippen LogP contribution is -2.35. The summed E-state index contributed by atoms with van der Waals surface area (Å²) in [6.45, 7) is 1.16. The summed E-state index contributed by atoms with van der Waals surface area (Å²) in [5, 5.41) is 27.2. The molecule has 2 aromatic heterocycles. The zero-order valence-corrected chi connectivity index (χ0v) is 17.9. The highest BCUT2D eigenvalue weighted by Crippen LogP contribution is 2.27. The van der Waals surface area contributed by atoms with Crippen LogP contribution in [0, 0.1) is 0 Å². The number of tetrazole rings is 1. The maximum absolute atomic E-state index is 12.5. The number of hydrogen-bond acceptors (Lipinski definition) is 8. The number of primary sulfonamides is 1. The molecule has 172 valence electrons. The molecule has 3 aromatic rings. The number of nitrogens with zero attached hydrogens (tertiary/aromatic N) is 5. The second-order valence-electron chi connectivity index (χ2n) is 6.98. The van der Waals surface area contributed by atoms with Gasteiger partial charge in [-0.2, -0.15) is 4.80 Å². The van der Waals surface area contributed by atoms with Crippen molar-refractivity contribution in [2.75, 3.05) is 5.75 Å². The van der Waals surface area contributed by atoms with E-state index >= 15 is 0 Å². The predicted octanol–water partition coefficient (Wildman–Crippen LogP) is 1.83. The van der Waals surface area contributed by atoms with E-state index in [2.05, 4.69) is 25.1 Å². The average Bonchev–Trinajstić information content (AvgIpc) is 3.06. The quantitative estimate of drug-likeness (QED) is 0.508. The summed E-state index contributed by atoms with van der Waals surface area (Å²) in [4.78, 5) is 5.27. The molecule has 1 aromatic carbocycles. The van der Waals surface area contributed by atoms with E-state index in [1.54, 1.807) is 0 Å². The smallest absolute Gasteiger partial charge is 0.406 e. The van der Waals surface area contributed by atoms with Gasteiger partial charge in [-0.1, -0.05) is 17.7 Å². The molecule has 0 radical (unpaired) electrons. The van der Waals surface area contributed by atoms with Crippen LogP contribution in [0.15, 0.2) is 36.4 Å². The first-order valence-electron chi connectivity index (χ1n) is 8.74. The molecule has 10 nitrogen and oxygen atoms in total. The molecule has 32 heavy (non-hydrogen) atoms. The first-order valence-corrected chi connectivity index (χ1v) is 10.8. The van der Waals surface area contributed by atoms with Crippen molar-refractivity contribution in [3.8, 4) is 17.3 Å². The van der Waals surface area contributed by atoms with Crippen molar-refractivity contribution in [3.63, 3.8) is 0 Å². The molecule has 3 rings (SSSR count). The normalized spacial score (nSPS) is 14.2. The van der Waals surface area contributed by atoms with Crippen LogP contribution in [0.1, 0.15) is 18.2 Å². The number of benzene rings is 1. The van der Waals surface area contributed by atoms with Crippen LogP contribution >= 0.6 is 11.6 Å².